The Kier molecular flexibility index (Phi) is 3.99. The summed E-state index contributed by atoms with van der Waals surface area (Å²) in [4.78, 5) is 2.64. The molecular formula is C23H26N2O2. The Labute approximate surface area is 159 Å². The minimum atomic E-state index is -0.0163. The summed E-state index contributed by atoms with van der Waals surface area (Å²) >= 11 is 0. The Hall–Kier alpha value is -2.30. The molecule has 27 heavy (non-hydrogen) atoms. The van der Waals surface area contributed by atoms with Crippen LogP contribution in [0.5, 0.6) is 5.75 Å². The molecule has 4 nitrogen and oxygen atoms in total. The fourth-order valence-electron chi connectivity index (χ4n) is 5.11. The number of nitrogens with zero attached hydrogens (tertiary/aromatic N) is 1. The molecule has 0 radical (unpaired) electrons. The first-order valence-corrected chi connectivity index (χ1v) is 9.84. The molecule has 2 aliphatic heterocycles. The second-order valence-electron chi connectivity index (χ2n) is 7.81. The van der Waals surface area contributed by atoms with E-state index in [1.807, 2.05) is 7.05 Å². The van der Waals surface area contributed by atoms with Crippen LogP contribution in [0.15, 0.2) is 30.3 Å². The molecule has 140 valence electrons. The molecule has 0 amide bonds. The van der Waals surface area contributed by atoms with Crippen LogP contribution in [0.4, 0.5) is 5.69 Å². The van der Waals surface area contributed by atoms with Gasteiger partial charge < -0.3 is 15.2 Å². The molecule has 3 aromatic carbocycles. The van der Waals surface area contributed by atoms with Crippen LogP contribution in [0.3, 0.4) is 0 Å². The molecule has 2 aliphatic rings. The van der Waals surface area contributed by atoms with E-state index < -0.39 is 0 Å². The number of ether oxygens (including phenoxy) is 1. The monoisotopic (exact) mass is 362 g/mol. The highest BCUT2D eigenvalue weighted by Crippen LogP contribution is 2.42. The van der Waals surface area contributed by atoms with E-state index in [4.69, 9.17) is 4.74 Å². The maximum Gasteiger partial charge on any atom is 0.125 e. The lowest BCUT2D eigenvalue weighted by Gasteiger charge is -2.33. The van der Waals surface area contributed by atoms with Gasteiger partial charge in [0.25, 0.3) is 0 Å². The van der Waals surface area contributed by atoms with Crippen molar-refractivity contribution in [1.29, 1.82) is 0 Å². The predicted molar refractivity (Wildman–Crippen MR) is 111 cm³/mol. The molecular weight excluding hydrogens is 336 g/mol. The average molecular weight is 362 g/mol. The van der Waals surface area contributed by atoms with Gasteiger partial charge in [0, 0.05) is 30.9 Å². The SMILES string of the molecule is CNc1ccc2c3c(c4cc(OC)c(CO)cc4c2c1)CN1CCC[C@H]1C3. The lowest BCUT2D eigenvalue weighted by Crippen LogP contribution is -2.35. The summed E-state index contributed by atoms with van der Waals surface area (Å²) in [5.41, 5.74) is 4.90. The van der Waals surface area contributed by atoms with Gasteiger partial charge in [0.05, 0.1) is 13.7 Å². The highest BCUT2D eigenvalue weighted by molar-refractivity contribution is 6.12. The summed E-state index contributed by atoms with van der Waals surface area (Å²) in [7, 11) is 3.64. The molecule has 0 aromatic heterocycles. The molecule has 0 spiro atoms. The first-order valence-electron chi connectivity index (χ1n) is 9.84. The molecule has 5 rings (SSSR count). The van der Waals surface area contributed by atoms with Crippen molar-refractivity contribution >= 4 is 27.2 Å². The highest BCUT2D eigenvalue weighted by Gasteiger charge is 2.32. The van der Waals surface area contributed by atoms with Gasteiger partial charge in [0.2, 0.25) is 0 Å². The van der Waals surface area contributed by atoms with Crippen LogP contribution in [0.1, 0.15) is 29.5 Å². The maximum atomic E-state index is 9.84. The first-order chi connectivity index (χ1) is 13.2. The van der Waals surface area contributed by atoms with Crippen molar-refractivity contribution in [2.24, 2.45) is 0 Å². The number of aliphatic hydroxyl groups is 1. The van der Waals surface area contributed by atoms with Gasteiger partial charge in [-0.3, -0.25) is 4.90 Å². The second kappa shape index (κ2) is 6.39. The smallest absolute Gasteiger partial charge is 0.125 e. The van der Waals surface area contributed by atoms with E-state index in [1.165, 1.54) is 52.1 Å². The Morgan fingerprint density at radius 1 is 1.11 bits per heavy atom. The molecule has 3 aromatic rings. The summed E-state index contributed by atoms with van der Waals surface area (Å²) in [5.74, 6) is 0.778. The molecule has 1 fully saturated rings. The highest BCUT2D eigenvalue weighted by atomic mass is 16.5. The third-order valence-corrected chi connectivity index (χ3v) is 6.50. The van der Waals surface area contributed by atoms with Gasteiger partial charge in [-0.15, -0.1) is 0 Å². The fraction of sp³-hybridized carbons (Fsp3) is 0.391. The largest absolute Gasteiger partial charge is 0.496 e. The Bertz CT molecular complexity index is 1040. The van der Waals surface area contributed by atoms with Crippen molar-refractivity contribution in [3.8, 4) is 5.75 Å². The van der Waals surface area contributed by atoms with Gasteiger partial charge in [-0.2, -0.15) is 0 Å². The van der Waals surface area contributed by atoms with Crippen LogP contribution in [0, 0.1) is 0 Å². The summed E-state index contributed by atoms with van der Waals surface area (Å²) in [6.07, 6.45) is 3.74. The summed E-state index contributed by atoms with van der Waals surface area (Å²) in [6.45, 7) is 2.20. The standard InChI is InChI=1S/C23H26N2O2/c1-24-15-5-6-17-19(9-15)18-8-14(13-26)23(27-2)11-21(18)22-12-25-7-3-4-16(25)10-20(17)22/h5-6,8-9,11,16,24,26H,3-4,7,10,12-13H2,1-2H3/t16-/m0/s1. The first kappa shape index (κ1) is 16.8. The van der Waals surface area contributed by atoms with Crippen molar-refractivity contribution in [1.82, 2.24) is 4.90 Å². The molecule has 1 atom stereocenters. The Morgan fingerprint density at radius 2 is 1.96 bits per heavy atom. The van der Waals surface area contributed by atoms with Crippen LogP contribution in [-0.2, 0) is 19.6 Å². The van der Waals surface area contributed by atoms with Gasteiger partial charge in [0.1, 0.15) is 5.75 Å². The second-order valence-corrected chi connectivity index (χ2v) is 7.81. The minimum absolute atomic E-state index is 0.0163. The number of benzene rings is 3. The zero-order valence-corrected chi connectivity index (χ0v) is 16.0. The fourth-order valence-corrected chi connectivity index (χ4v) is 5.11. The number of hydrogen-bond acceptors (Lipinski definition) is 4. The van der Waals surface area contributed by atoms with Crippen molar-refractivity contribution in [2.75, 3.05) is 26.0 Å². The normalized spacial score (nSPS) is 19.3. The summed E-state index contributed by atoms with van der Waals surface area (Å²) in [6, 6.07) is 11.6. The number of methoxy groups -OCH3 is 1. The molecule has 0 saturated carbocycles. The topological polar surface area (TPSA) is 44.7 Å². The molecule has 2 N–H and O–H groups in total. The molecule has 1 saturated heterocycles. The number of rotatable bonds is 3. The molecule has 0 unspecified atom stereocenters. The van der Waals surface area contributed by atoms with Crippen molar-refractivity contribution in [3.05, 3.63) is 47.0 Å². The number of anilines is 1. The van der Waals surface area contributed by atoms with E-state index >= 15 is 0 Å². The lowest BCUT2D eigenvalue weighted by molar-refractivity contribution is 0.229. The van der Waals surface area contributed by atoms with E-state index in [2.05, 4.69) is 40.5 Å². The molecule has 0 aliphatic carbocycles. The average Bonchev–Trinajstić information content (AvgIpc) is 3.18. The van der Waals surface area contributed by atoms with E-state index in [-0.39, 0.29) is 6.61 Å². The zero-order valence-electron chi connectivity index (χ0n) is 16.0. The van der Waals surface area contributed by atoms with Crippen LogP contribution in [-0.4, -0.2) is 36.8 Å². The van der Waals surface area contributed by atoms with E-state index in [1.54, 1.807) is 7.11 Å². The number of hydrogen-bond donors (Lipinski definition) is 2. The maximum absolute atomic E-state index is 9.84. The number of fused-ring (bicyclic) bond motifs is 7. The number of nitrogens with one attached hydrogen (secondary N) is 1. The molecule has 4 heteroatoms. The quantitative estimate of drug-likeness (QED) is 0.690. The van der Waals surface area contributed by atoms with Crippen LogP contribution in [0.25, 0.3) is 21.5 Å². The molecule has 0 bridgehead atoms. The minimum Gasteiger partial charge on any atom is -0.496 e. The number of aliphatic hydroxyl groups excluding tert-OH is 1. The van der Waals surface area contributed by atoms with E-state index in [9.17, 15) is 5.11 Å². The van der Waals surface area contributed by atoms with Gasteiger partial charge in [-0.25, -0.2) is 0 Å². The third kappa shape index (κ3) is 2.51. The van der Waals surface area contributed by atoms with Crippen LogP contribution >= 0.6 is 0 Å². The van der Waals surface area contributed by atoms with E-state index in [0.29, 0.717) is 6.04 Å². The van der Waals surface area contributed by atoms with Gasteiger partial charge in [-0.05, 0) is 82.7 Å². The zero-order chi connectivity index (χ0) is 18.5. The third-order valence-electron chi connectivity index (χ3n) is 6.50. The Morgan fingerprint density at radius 3 is 2.74 bits per heavy atom. The lowest BCUT2D eigenvalue weighted by atomic mass is 9.84. The van der Waals surface area contributed by atoms with Gasteiger partial charge in [0.15, 0.2) is 0 Å². The van der Waals surface area contributed by atoms with E-state index in [0.717, 1.165) is 30.0 Å². The summed E-state index contributed by atoms with van der Waals surface area (Å²) < 4.78 is 5.59. The van der Waals surface area contributed by atoms with Crippen molar-refractivity contribution in [2.45, 2.75) is 38.5 Å². The van der Waals surface area contributed by atoms with Crippen molar-refractivity contribution < 1.29 is 9.84 Å². The van der Waals surface area contributed by atoms with Gasteiger partial charge >= 0.3 is 0 Å². The summed E-state index contributed by atoms with van der Waals surface area (Å²) in [5, 5.41) is 18.2. The van der Waals surface area contributed by atoms with Crippen molar-refractivity contribution in [3.63, 3.8) is 0 Å². The van der Waals surface area contributed by atoms with Crippen LogP contribution < -0.4 is 10.1 Å². The molecule has 2 heterocycles. The van der Waals surface area contributed by atoms with Gasteiger partial charge in [-0.1, -0.05) is 6.07 Å². The Balaban J connectivity index is 1.88. The van der Waals surface area contributed by atoms with Crippen LogP contribution in [0.2, 0.25) is 0 Å². The predicted octanol–water partition coefficient (Wildman–Crippen LogP) is 4.06.